The van der Waals surface area contributed by atoms with Crippen molar-refractivity contribution in [3.8, 4) is 44.5 Å². The first-order valence-corrected chi connectivity index (χ1v) is 18.3. The largest absolute Gasteiger partial charge is 0.392 e. The summed E-state index contributed by atoms with van der Waals surface area (Å²) in [5, 5.41) is 29.5. The molecule has 5 heterocycles. The van der Waals surface area contributed by atoms with Crippen LogP contribution in [0.3, 0.4) is 0 Å². The molecule has 0 spiro atoms. The molecule has 2 aliphatic rings. The number of aryl methyl sites for hydroxylation is 1. The van der Waals surface area contributed by atoms with Crippen LogP contribution in [0.5, 0.6) is 0 Å². The smallest absolute Gasteiger partial charge is 0.0737 e. The molecule has 0 unspecified atom stereocenters. The number of nitrogens with one attached hydrogen (secondary N) is 2. The maximum atomic E-state index is 9.84. The van der Waals surface area contributed by atoms with E-state index in [4.69, 9.17) is 9.97 Å². The van der Waals surface area contributed by atoms with Crippen LogP contribution in [0.25, 0.3) is 90.9 Å². The summed E-state index contributed by atoms with van der Waals surface area (Å²) in [7, 11) is 0. The summed E-state index contributed by atoms with van der Waals surface area (Å²) >= 11 is 0. The fourth-order valence-electron chi connectivity index (χ4n) is 7.47. The van der Waals surface area contributed by atoms with Gasteiger partial charge in [-0.3, -0.25) is 0 Å². The van der Waals surface area contributed by atoms with Gasteiger partial charge < -0.3 is 25.3 Å². The minimum atomic E-state index is -0.0440. The Morgan fingerprint density at radius 3 is 0.873 bits per heavy atom. The van der Waals surface area contributed by atoms with Gasteiger partial charge in [0.05, 0.1) is 42.6 Å². The van der Waals surface area contributed by atoms with Gasteiger partial charge in [-0.2, -0.15) is 0 Å². The summed E-state index contributed by atoms with van der Waals surface area (Å²) in [5.41, 5.74) is 18.1. The Bertz CT molecular complexity index is 2750. The molecular formula is C48H38N4O3. The molecule has 0 atom stereocenters. The standard InChI is InChI=1S/C48H38N4O3/c1-29-2-10-33(11-3-29)45-37-18-20-39(49-37)46(34-12-4-30(26-53)5-13-34)41-22-24-43(51-41)48(36-16-8-32(28-55)9-17-36)44-25-23-42(52-44)47(40-21-19-38(45)50-40)35-14-6-31(27-54)7-15-35/h2-25,49,52-55H,26-28H2,1H3. The van der Waals surface area contributed by atoms with E-state index in [-0.39, 0.29) is 19.8 Å². The summed E-state index contributed by atoms with van der Waals surface area (Å²) in [6, 6.07) is 40.7. The second-order valence-corrected chi connectivity index (χ2v) is 13.9. The van der Waals surface area contributed by atoms with Gasteiger partial charge in [-0.1, -0.05) is 103 Å². The van der Waals surface area contributed by atoms with Gasteiger partial charge in [0.15, 0.2) is 0 Å². The zero-order valence-corrected chi connectivity index (χ0v) is 30.2. The molecule has 0 saturated carbocycles. The summed E-state index contributed by atoms with van der Waals surface area (Å²) in [6.45, 7) is 1.97. The van der Waals surface area contributed by atoms with Gasteiger partial charge in [-0.15, -0.1) is 0 Å². The molecule has 0 aliphatic carbocycles. The number of benzene rings is 4. The fourth-order valence-corrected chi connectivity index (χ4v) is 7.47. The van der Waals surface area contributed by atoms with Crippen molar-refractivity contribution in [2.45, 2.75) is 26.7 Å². The molecule has 4 aromatic carbocycles. The van der Waals surface area contributed by atoms with Crippen molar-refractivity contribution >= 4 is 46.4 Å². The van der Waals surface area contributed by atoms with E-state index in [0.29, 0.717) is 0 Å². The van der Waals surface area contributed by atoms with Crippen LogP contribution < -0.4 is 0 Å². The van der Waals surface area contributed by atoms with Gasteiger partial charge in [0.25, 0.3) is 0 Å². The van der Waals surface area contributed by atoms with E-state index < -0.39 is 0 Å². The molecule has 7 aromatic rings. The van der Waals surface area contributed by atoms with Crippen molar-refractivity contribution in [3.63, 3.8) is 0 Å². The molecular weight excluding hydrogens is 681 g/mol. The molecule has 0 saturated heterocycles. The molecule has 7 heteroatoms. The molecule has 0 radical (unpaired) electrons. The Morgan fingerprint density at radius 1 is 0.364 bits per heavy atom. The maximum Gasteiger partial charge on any atom is 0.0737 e. The number of H-pyrrole nitrogens is 2. The van der Waals surface area contributed by atoms with Crippen LogP contribution in [0.1, 0.15) is 45.0 Å². The van der Waals surface area contributed by atoms with Gasteiger partial charge in [0, 0.05) is 44.3 Å². The number of rotatable bonds is 7. The number of hydrogen-bond donors (Lipinski definition) is 5. The lowest BCUT2D eigenvalue weighted by Gasteiger charge is -2.08. The van der Waals surface area contributed by atoms with Gasteiger partial charge >= 0.3 is 0 Å². The van der Waals surface area contributed by atoms with Crippen LogP contribution in [-0.2, 0) is 19.8 Å². The lowest BCUT2D eigenvalue weighted by atomic mass is 10.0. The van der Waals surface area contributed by atoms with Crippen LogP contribution in [0.2, 0.25) is 0 Å². The maximum absolute atomic E-state index is 9.84. The summed E-state index contributed by atoms with van der Waals surface area (Å²) in [5.74, 6) is 0. The van der Waals surface area contributed by atoms with Crippen molar-refractivity contribution in [2.24, 2.45) is 0 Å². The first-order valence-electron chi connectivity index (χ1n) is 18.3. The number of aliphatic hydroxyl groups excluding tert-OH is 3. The fraction of sp³-hybridized carbons (Fsp3) is 0.0833. The van der Waals surface area contributed by atoms with Crippen LogP contribution in [0.4, 0.5) is 0 Å². The van der Waals surface area contributed by atoms with Crippen molar-refractivity contribution < 1.29 is 15.3 Å². The molecule has 7 nitrogen and oxygen atoms in total. The highest BCUT2D eigenvalue weighted by Crippen LogP contribution is 2.38. The van der Waals surface area contributed by atoms with Crippen LogP contribution in [0.15, 0.2) is 121 Å². The normalized spacial score (nSPS) is 12.1. The Hall–Kier alpha value is -6.64. The third-order valence-corrected chi connectivity index (χ3v) is 10.4. The van der Waals surface area contributed by atoms with E-state index in [1.54, 1.807) is 0 Å². The average Bonchev–Trinajstić information content (AvgIpc) is 4.07. The van der Waals surface area contributed by atoms with E-state index >= 15 is 0 Å². The Kier molecular flexibility index (Phi) is 8.88. The number of aliphatic hydroxyl groups is 3. The highest BCUT2D eigenvalue weighted by Gasteiger charge is 2.19. The lowest BCUT2D eigenvalue weighted by molar-refractivity contribution is 0.281. The summed E-state index contributed by atoms with van der Waals surface area (Å²) in [4.78, 5) is 18.2. The number of nitrogens with zero attached hydrogens (tertiary/aromatic N) is 2. The Morgan fingerprint density at radius 2 is 0.618 bits per heavy atom. The Balaban J connectivity index is 1.44. The van der Waals surface area contributed by atoms with E-state index in [1.165, 1.54) is 5.56 Å². The lowest BCUT2D eigenvalue weighted by Crippen LogP contribution is -1.91. The molecule has 8 bridgehead atoms. The van der Waals surface area contributed by atoms with Crippen LogP contribution >= 0.6 is 0 Å². The van der Waals surface area contributed by atoms with E-state index in [1.807, 2.05) is 72.8 Å². The SMILES string of the molecule is Cc1ccc(-c2c3nc(c(-c4ccc(CO)cc4)c4ccc([nH]4)c(-c4ccc(CO)cc4)c4nc(c(-c5ccc(CO)cc5)c5ccc2[nH]5)C=C4)C=C3)cc1. The van der Waals surface area contributed by atoms with Crippen LogP contribution in [0, 0.1) is 6.92 Å². The highest BCUT2D eigenvalue weighted by molar-refractivity contribution is 5.99. The van der Waals surface area contributed by atoms with E-state index in [0.717, 1.165) is 106 Å². The van der Waals surface area contributed by atoms with Gasteiger partial charge in [-0.25, -0.2) is 9.97 Å². The molecule has 268 valence electrons. The van der Waals surface area contributed by atoms with E-state index in [9.17, 15) is 15.3 Å². The Labute approximate surface area is 318 Å². The molecule has 9 rings (SSSR count). The molecule has 0 fully saturated rings. The van der Waals surface area contributed by atoms with Gasteiger partial charge in [0.1, 0.15) is 0 Å². The van der Waals surface area contributed by atoms with Gasteiger partial charge in [0.2, 0.25) is 0 Å². The van der Waals surface area contributed by atoms with Crippen molar-refractivity contribution in [1.29, 1.82) is 0 Å². The summed E-state index contributed by atoms with van der Waals surface area (Å²) < 4.78 is 0. The average molecular weight is 719 g/mol. The number of aromatic amines is 2. The molecule has 3 aromatic heterocycles. The van der Waals surface area contributed by atoms with Crippen LogP contribution in [-0.4, -0.2) is 35.3 Å². The van der Waals surface area contributed by atoms with E-state index in [2.05, 4.69) is 89.7 Å². The molecule has 55 heavy (non-hydrogen) atoms. The number of hydrogen-bond acceptors (Lipinski definition) is 5. The third-order valence-electron chi connectivity index (χ3n) is 10.4. The quantitative estimate of drug-likeness (QED) is 0.112. The van der Waals surface area contributed by atoms with Gasteiger partial charge in [-0.05, 0) is 94.4 Å². The van der Waals surface area contributed by atoms with Crippen molar-refractivity contribution in [3.05, 3.63) is 166 Å². The second-order valence-electron chi connectivity index (χ2n) is 13.9. The third kappa shape index (κ3) is 6.40. The second kappa shape index (κ2) is 14.3. The first-order chi connectivity index (χ1) is 27.0. The minimum absolute atomic E-state index is 0.0385. The highest BCUT2D eigenvalue weighted by atomic mass is 16.3. The number of fused-ring (bicyclic) bond motifs is 8. The van der Waals surface area contributed by atoms with Crippen molar-refractivity contribution in [1.82, 2.24) is 19.9 Å². The number of aromatic nitrogens is 4. The zero-order chi connectivity index (χ0) is 37.5. The van der Waals surface area contributed by atoms with Crippen molar-refractivity contribution in [2.75, 3.05) is 0 Å². The minimum Gasteiger partial charge on any atom is -0.392 e. The molecule has 0 amide bonds. The first kappa shape index (κ1) is 34.1. The molecule has 5 N–H and O–H groups in total. The zero-order valence-electron chi connectivity index (χ0n) is 30.2. The molecule has 2 aliphatic heterocycles. The predicted molar refractivity (Wildman–Crippen MR) is 223 cm³/mol. The topological polar surface area (TPSA) is 118 Å². The predicted octanol–water partition coefficient (Wildman–Crippen LogP) is 10.1. The summed E-state index contributed by atoms with van der Waals surface area (Å²) in [6.07, 6.45) is 8.27. The monoisotopic (exact) mass is 718 g/mol.